The lowest BCUT2D eigenvalue weighted by Gasteiger charge is -2.02. The minimum Gasteiger partial charge on any atom is -0.504 e. The summed E-state index contributed by atoms with van der Waals surface area (Å²) in [6.45, 7) is 0. The van der Waals surface area contributed by atoms with Gasteiger partial charge in [-0.1, -0.05) is 6.07 Å². The number of aromatic hydroxyl groups is 2. The summed E-state index contributed by atoms with van der Waals surface area (Å²) < 4.78 is 0. The van der Waals surface area contributed by atoms with Crippen LogP contribution < -0.4 is 0 Å². The molecule has 0 aliphatic heterocycles. The number of rotatable bonds is 4. The zero-order valence-electron chi connectivity index (χ0n) is 7.66. The van der Waals surface area contributed by atoms with E-state index in [0.29, 0.717) is 0 Å². The van der Waals surface area contributed by atoms with E-state index in [1.54, 1.807) is 6.07 Å². The molecule has 0 aliphatic rings. The van der Waals surface area contributed by atoms with Gasteiger partial charge < -0.3 is 10.2 Å². The molecule has 3 heteroatoms. The summed E-state index contributed by atoms with van der Waals surface area (Å²) >= 11 is 1.82. The fourth-order valence-electron chi connectivity index (χ4n) is 1.15. The second-order valence-corrected chi connectivity index (χ2v) is 3.91. The molecule has 2 N–H and O–H groups in total. The Morgan fingerprint density at radius 3 is 2.62 bits per heavy atom. The second-order valence-electron chi connectivity index (χ2n) is 2.92. The lowest BCUT2D eigenvalue weighted by molar-refractivity contribution is 0.403. The van der Waals surface area contributed by atoms with Crippen LogP contribution in [0.3, 0.4) is 0 Å². The average Bonchev–Trinajstić information content (AvgIpc) is 2.12. The maximum Gasteiger partial charge on any atom is 0.157 e. The van der Waals surface area contributed by atoms with Crippen LogP contribution in [0.1, 0.15) is 12.0 Å². The highest BCUT2D eigenvalue weighted by atomic mass is 32.2. The molecule has 13 heavy (non-hydrogen) atoms. The number of hydrogen-bond donors (Lipinski definition) is 2. The molecule has 1 aromatic rings. The van der Waals surface area contributed by atoms with Crippen molar-refractivity contribution in [1.29, 1.82) is 0 Å². The first kappa shape index (κ1) is 10.3. The van der Waals surface area contributed by atoms with E-state index in [1.807, 2.05) is 17.8 Å². The molecule has 72 valence electrons. The van der Waals surface area contributed by atoms with Crippen LogP contribution in [-0.4, -0.2) is 22.2 Å². The summed E-state index contributed by atoms with van der Waals surface area (Å²) in [6, 6.07) is 4.99. The summed E-state index contributed by atoms with van der Waals surface area (Å²) in [5.41, 5.74) is 1.07. The van der Waals surface area contributed by atoms with Crippen molar-refractivity contribution >= 4 is 11.8 Å². The second kappa shape index (κ2) is 5.02. The van der Waals surface area contributed by atoms with Gasteiger partial charge in [-0.25, -0.2) is 0 Å². The monoisotopic (exact) mass is 198 g/mol. The minimum atomic E-state index is -0.0476. The average molecular weight is 198 g/mol. The fraction of sp³-hybridized carbons (Fsp3) is 0.400. The molecule has 0 bridgehead atoms. The van der Waals surface area contributed by atoms with Crippen LogP contribution in [0, 0.1) is 0 Å². The number of hydrogen-bond acceptors (Lipinski definition) is 3. The van der Waals surface area contributed by atoms with Crippen molar-refractivity contribution in [2.24, 2.45) is 0 Å². The third-order valence-electron chi connectivity index (χ3n) is 1.85. The first-order chi connectivity index (χ1) is 6.24. The largest absolute Gasteiger partial charge is 0.504 e. The van der Waals surface area contributed by atoms with Gasteiger partial charge in [-0.2, -0.15) is 11.8 Å². The molecule has 0 radical (unpaired) electrons. The standard InChI is InChI=1S/C10H14O2S/c1-13-6-2-3-8-4-5-9(11)10(12)7-8/h4-5,7,11-12H,2-3,6H2,1H3. The summed E-state index contributed by atoms with van der Waals surface area (Å²) in [6.07, 6.45) is 4.13. The molecular formula is C10H14O2S. The van der Waals surface area contributed by atoms with Crippen molar-refractivity contribution in [1.82, 2.24) is 0 Å². The molecule has 0 spiro atoms. The number of thioether (sulfide) groups is 1. The lowest BCUT2D eigenvalue weighted by atomic mass is 10.1. The van der Waals surface area contributed by atoms with Crippen LogP contribution in [0.15, 0.2) is 18.2 Å². The summed E-state index contributed by atoms with van der Waals surface area (Å²) in [7, 11) is 0. The van der Waals surface area contributed by atoms with Gasteiger partial charge in [-0.05, 0) is 42.5 Å². The smallest absolute Gasteiger partial charge is 0.157 e. The van der Waals surface area contributed by atoms with E-state index in [4.69, 9.17) is 5.11 Å². The lowest BCUT2D eigenvalue weighted by Crippen LogP contribution is -1.86. The van der Waals surface area contributed by atoms with Crippen molar-refractivity contribution in [3.05, 3.63) is 23.8 Å². The first-order valence-electron chi connectivity index (χ1n) is 4.24. The molecule has 0 aliphatic carbocycles. The van der Waals surface area contributed by atoms with E-state index in [-0.39, 0.29) is 11.5 Å². The van der Waals surface area contributed by atoms with Crippen molar-refractivity contribution in [3.8, 4) is 11.5 Å². The van der Waals surface area contributed by atoms with E-state index in [2.05, 4.69) is 6.26 Å². The Morgan fingerprint density at radius 2 is 2.00 bits per heavy atom. The third kappa shape index (κ3) is 3.19. The van der Waals surface area contributed by atoms with E-state index in [0.717, 1.165) is 24.2 Å². The highest BCUT2D eigenvalue weighted by molar-refractivity contribution is 7.98. The maximum atomic E-state index is 9.20. The number of aryl methyl sites for hydroxylation is 1. The van der Waals surface area contributed by atoms with Gasteiger partial charge in [0.1, 0.15) is 0 Å². The van der Waals surface area contributed by atoms with E-state index in [1.165, 1.54) is 6.07 Å². The molecule has 0 atom stereocenters. The van der Waals surface area contributed by atoms with Crippen molar-refractivity contribution in [2.45, 2.75) is 12.8 Å². The molecular weight excluding hydrogens is 184 g/mol. The number of phenols is 2. The zero-order chi connectivity index (χ0) is 9.68. The number of benzene rings is 1. The Hall–Kier alpha value is -0.830. The van der Waals surface area contributed by atoms with Gasteiger partial charge in [-0.15, -0.1) is 0 Å². The van der Waals surface area contributed by atoms with E-state index in [9.17, 15) is 5.11 Å². The molecule has 0 heterocycles. The molecule has 2 nitrogen and oxygen atoms in total. The zero-order valence-corrected chi connectivity index (χ0v) is 8.47. The Kier molecular flexibility index (Phi) is 3.96. The van der Waals surface area contributed by atoms with Gasteiger partial charge >= 0.3 is 0 Å². The maximum absolute atomic E-state index is 9.20. The quantitative estimate of drug-likeness (QED) is 0.576. The van der Waals surface area contributed by atoms with Gasteiger partial charge in [0, 0.05) is 0 Å². The van der Waals surface area contributed by atoms with Gasteiger partial charge in [0.15, 0.2) is 11.5 Å². The van der Waals surface area contributed by atoms with Gasteiger partial charge in [0.2, 0.25) is 0 Å². The summed E-state index contributed by atoms with van der Waals surface area (Å²) in [5.74, 6) is 1.05. The van der Waals surface area contributed by atoms with Crippen LogP contribution in [0.4, 0.5) is 0 Å². The van der Waals surface area contributed by atoms with Crippen LogP contribution in [0.5, 0.6) is 11.5 Å². The molecule has 1 rings (SSSR count). The van der Waals surface area contributed by atoms with Crippen molar-refractivity contribution in [2.75, 3.05) is 12.0 Å². The first-order valence-corrected chi connectivity index (χ1v) is 5.63. The Morgan fingerprint density at radius 1 is 1.23 bits per heavy atom. The molecule has 0 unspecified atom stereocenters. The van der Waals surface area contributed by atoms with Crippen molar-refractivity contribution in [3.63, 3.8) is 0 Å². The van der Waals surface area contributed by atoms with E-state index < -0.39 is 0 Å². The van der Waals surface area contributed by atoms with Gasteiger partial charge in [0.05, 0.1) is 0 Å². The fourth-order valence-corrected chi connectivity index (χ4v) is 1.58. The molecule has 0 fully saturated rings. The topological polar surface area (TPSA) is 40.5 Å². The van der Waals surface area contributed by atoms with Crippen LogP contribution in [0.25, 0.3) is 0 Å². The van der Waals surface area contributed by atoms with E-state index >= 15 is 0 Å². The SMILES string of the molecule is CSCCCc1ccc(O)c(O)c1. The highest BCUT2D eigenvalue weighted by Crippen LogP contribution is 2.25. The summed E-state index contributed by atoms with van der Waals surface area (Å²) in [5, 5.41) is 18.3. The van der Waals surface area contributed by atoms with Crippen LogP contribution in [-0.2, 0) is 6.42 Å². The molecule has 0 saturated carbocycles. The minimum absolute atomic E-state index is 0.0262. The third-order valence-corrected chi connectivity index (χ3v) is 2.55. The molecule has 1 aromatic carbocycles. The Labute approximate surface area is 82.6 Å². The Balaban J connectivity index is 2.53. The van der Waals surface area contributed by atoms with Crippen LogP contribution in [0.2, 0.25) is 0 Å². The molecule has 0 amide bonds. The van der Waals surface area contributed by atoms with Gasteiger partial charge in [0.25, 0.3) is 0 Å². The summed E-state index contributed by atoms with van der Waals surface area (Å²) in [4.78, 5) is 0. The van der Waals surface area contributed by atoms with Crippen LogP contribution >= 0.6 is 11.8 Å². The van der Waals surface area contributed by atoms with Crippen molar-refractivity contribution < 1.29 is 10.2 Å². The normalized spacial score (nSPS) is 10.2. The molecule has 0 aromatic heterocycles. The van der Waals surface area contributed by atoms with Gasteiger partial charge in [-0.3, -0.25) is 0 Å². The Bertz CT molecular complexity index is 274. The highest BCUT2D eigenvalue weighted by Gasteiger charge is 1.99. The predicted molar refractivity (Wildman–Crippen MR) is 56.5 cm³/mol. The molecule has 0 saturated heterocycles. The predicted octanol–water partition coefficient (Wildman–Crippen LogP) is 2.39. The number of phenolic OH excluding ortho intramolecular Hbond substituents is 2.